The van der Waals surface area contributed by atoms with E-state index in [2.05, 4.69) is 12.2 Å². The Kier molecular flexibility index (Phi) is 5.28. The second-order valence-corrected chi connectivity index (χ2v) is 6.97. The minimum Gasteiger partial charge on any atom is -0.480 e. The number of benzene rings is 1. The average molecular weight is 307 g/mol. The SMILES string of the molecule is CC(Sc1ccccc1C(=O)NC1CCCC1C)C(=O)O. The molecule has 5 heteroatoms. The highest BCUT2D eigenvalue weighted by molar-refractivity contribution is 8.00. The number of carbonyl (C=O) groups excluding carboxylic acids is 1. The molecule has 3 unspecified atom stereocenters. The van der Waals surface area contributed by atoms with Crippen molar-refractivity contribution in [1.29, 1.82) is 0 Å². The molecule has 0 bridgehead atoms. The molecule has 0 radical (unpaired) electrons. The fourth-order valence-corrected chi connectivity index (χ4v) is 3.53. The largest absolute Gasteiger partial charge is 0.480 e. The number of carbonyl (C=O) groups is 2. The fraction of sp³-hybridized carbons (Fsp3) is 0.500. The predicted molar refractivity (Wildman–Crippen MR) is 83.7 cm³/mol. The van der Waals surface area contributed by atoms with Crippen LogP contribution in [0.5, 0.6) is 0 Å². The summed E-state index contributed by atoms with van der Waals surface area (Å²) in [7, 11) is 0. The van der Waals surface area contributed by atoms with E-state index in [0.717, 1.165) is 24.2 Å². The maximum atomic E-state index is 12.4. The maximum absolute atomic E-state index is 12.4. The Hall–Kier alpha value is -1.49. The minimum absolute atomic E-state index is 0.102. The van der Waals surface area contributed by atoms with Gasteiger partial charge >= 0.3 is 5.97 Å². The molecule has 0 aromatic heterocycles. The van der Waals surface area contributed by atoms with Crippen LogP contribution in [-0.2, 0) is 4.79 Å². The number of hydrogen-bond acceptors (Lipinski definition) is 3. The van der Waals surface area contributed by atoms with Gasteiger partial charge in [-0.1, -0.05) is 25.5 Å². The van der Waals surface area contributed by atoms with Gasteiger partial charge in [0.05, 0.1) is 5.56 Å². The smallest absolute Gasteiger partial charge is 0.316 e. The second kappa shape index (κ2) is 6.98. The molecule has 0 heterocycles. The normalized spacial score (nSPS) is 22.8. The van der Waals surface area contributed by atoms with Gasteiger partial charge in [0.25, 0.3) is 5.91 Å². The van der Waals surface area contributed by atoms with Crippen LogP contribution < -0.4 is 5.32 Å². The van der Waals surface area contributed by atoms with Gasteiger partial charge < -0.3 is 10.4 Å². The van der Waals surface area contributed by atoms with E-state index in [-0.39, 0.29) is 11.9 Å². The Bertz CT molecular complexity index is 532. The van der Waals surface area contributed by atoms with Crippen LogP contribution in [-0.4, -0.2) is 28.3 Å². The monoisotopic (exact) mass is 307 g/mol. The van der Waals surface area contributed by atoms with Crippen molar-refractivity contribution in [3.05, 3.63) is 29.8 Å². The van der Waals surface area contributed by atoms with Gasteiger partial charge in [-0.2, -0.15) is 0 Å². The van der Waals surface area contributed by atoms with Crippen LogP contribution in [0.2, 0.25) is 0 Å². The third kappa shape index (κ3) is 4.00. The number of aliphatic carboxylic acids is 1. The number of hydrogen-bond donors (Lipinski definition) is 2. The van der Waals surface area contributed by atoms with E-state index in [4.69, 9.17) is 5.11 Å². The van der Waals surface area contributed by atoms with E-state index in [1.165, 1.54) is 11.8 Å². The zero-order chi connectivity index (χ0) is 15.4. The molecule has 1 aromatic carbocycles. The lowest BCUT2D eigenvalue weighted by Gasteiger charge is -2.18. The van der Waals surface area contributed by atoms with Gasteiger partial charge in [-0.25, -0.2) is 0 Å². The summed E-state index contributed by atoms with van der Waals surface area (Å²) in [6.45, 7) is 3.78. The summed E-state index contributed by atoms with van der Waals surface area (Å²) < 4.78 is 0. The van der Waals surface area contributed by atoms with Crippen LogP contribution in [0.4, 0.5) is 0 Å². The van der Waals surface area contributed by atoms with Gasteiger partial charge in [0.1, 0.15) is 5.25 Å². The van der Waals surface area contributed by atoms with Gasteiger partial charge in [0.2, 0.25) is 0 Å². The maximum Gasteiger partial charge on any atom is 0.316 e. The van der Waals surface area contributed by atoms with Gasteiger partial charge in [0, 0.05) is 10.9 Å². The molecular weight excluding hydrogens is 286 g/mol. The molecule has 1 amide bonds. The molecule has 21 heavy (non-hydrogen) atoms. The van der Waals surface area contributed by atoms with Gasteiger partial charge in [-0.15, -0.1) is 11.8 Å². The number of rotatable bonds is 5. The summed E-state index contributed by atoms with van der Waals surface area (Å²) in [6.07, 6.45) is 3.32. The van der Waals surface area contributed by atoms with Crippen molar-refractivity contribution in [3.63, 3.8) is 0 Å². The molecule has 2 rings (SSSR count). The lowest BCUT2D eigenvalue weighted by Crippen LogP contribution is -2.36. The van der Waals surface area contributed by atoms with Crippen molar-refractivity contribution < 1.29 is 14.7 Å². The van der Waals surface area contributed by atoms with Crippen LogP contribution in [0, 0.1) is 5.92 Å². The highest BCUT2D eigenvalue weighted by Gasteiger charge is 2.26. The predicted octanol–water partition coefficient (Wildman–Crippen LogP) is 3.17. The fourth-order valence-electron chi connectivity index (χ4n) is 2.60. The van der Waals surface area contributed by atoms with Gasteiger partial charge in [-0.3, -0.25) is 9.59 Å². The molecule has 0 saturated heterocycles. The topological polar surface area (TPSA) is 66.4 Å². The third-order valence-corrected chi connectivity index (χ3v) is 5.13. The zero-order valence-electron chi connectivity index (χ0n) is 12.3. The number of amides is 1. The molecule has 1 saturated carbocycles. The van der Waals surface area contributed by atoms with Crippen LogP contribution in [0.25, 0.3) is 0 Å². The molecule has 1 fully saturated rings. The first kappa shape index (κ1) is 15.9. The first-order valence-corrected chi connectivity index (χ1v) is 8.16. The Balaban J connectivity index is 2.11. The molecule has 2 N–H and O–H groups in total. The van der Waals surface area contributed by atoms with E-state index in [1.54, 1.807) is 19.1 Å². The Morgan fingerprint density at radius 3 is 2.67 bits per heavy atom. The molecule has 1 aromatic rings. The standard InChI is InChI=1S/C16H21NO3S/c1-10-6-5-8-13(10)17-15(18)12-7-3-4-9-14(12)21-11(2)16(19)20/h3-4,7,9-11,13H,5-6,8H2,1-2H3,(H,17,18)(H,19,20). The van der Waals surface area contributed by atoms with Crippen molar-refractivity contribution in [2.24, 2.45) is 5.92 Å². The molecule has 1 aliphatic rings. The van der Waals surface area contributed by atoms with Crippen molar-refractivity contribution in [1.82, 2.24) is 5.32 Å². The molecule has 0 spiro atoms. The quantitative estimate of drug-likeness (QED) is 0.820. The van der Waals surface area contributed by atoms with E-state index < -0.39 is 11.2 Å². The molecule has 0 aliphatic heterocycles. The summed E-state index contributed by atoms with van der Waals surface area (Å²) in [5.74, 6) is -0.472. The van der Waals surface area contributed by atoms with Crippen LogP contribution in [0.1, 0.15) is 43.5 Å². The van der Waals surface area contributed by atoms with E-state index >= 15 is 0 Å². The number of carboxylic acid groups (broad SMARTS) is 1. The van der Waals surface area contributed by atoms with E-state index in [0.29, 0.717) is 11.5 Å². The van der Waals surface area contributed by atoms with E-state index in [1.807, 2.05) is 12.1 Å². The number of nitrogens with one attached hydrogen (secondary N) is 1. The first-order chi connectivity index (χ1) is 9.99. The van der Waals surface area contributed by atoms with Crippen LogP contribution >= 0.6 is 11.8 Å². The lowest BCUT2D eigenvalue weighted by molar-refractivity contribution is -0.136. The van der Waals surface area contributed by atoms with Crippen LogP contribution in [0.3, 0.4) is 0 Å². The second-order valence-electron chi connectivity index (χ2n) is 5.58. The Morgan fingerprint density at radius 2 is 2.05 bits per heavy atom. The summed E-state index contributed by atoms with van der Waals surface area (Å²) in [5, 5.41) is 11.5. The summed E-state index contributed by atoms with van der Waals surface area (Å²) >= 11 is 1.20. The third-order valence-electron chi connectivity index (χ3n) is 3.96. The van der Waals surface area contributed by atoms with Crippen LogP contribution in [0.15, 0.2) is 29.2 Å². The zero-order valence-corrected chi connectivity index (χ0v) is 13.2. The number of thioether (sulfide) groups is 1. The average Bonchev–Trinajstić information content (AvgIpc) is 2.84. The first-order valence-electron chi connectivity index (χ1n) is 7.28. The Morgan fingerprint density at radius 1 is 1.33 bits per heavy atom. The molecule has 4 nitrogen and oxygen atoms in total. The van der Waals surface area contributed by atoms with Gasteiger partial charge in [0.15, 0.2) is 0 Å². The van der Waals surface area contributed by atoms with Crippen molar-refractivity contribution in [3.8, 4) is 0 Å². The van der Waals surface area contributed by atoms with Crippen molar-refractivity contribution in [2.75, 3.05) is 0 Å². The summed E-state index contributed by atoms with van der Waals surface area (Å²) in [5.41, 5.74) is 0.565. The molecular formula is C16H21NO3S. The van der Waals surface area contributed by atoms with Crippen molar-refractivity contribution in [2.45, 2.75) is 49.3 Å². The minimum atomic E-state index is -0.875. The van der Waals surface area contributed by atoms with Gasteiger partial charge in [-0.05, 0) is 37.8 Å². The highest BCUT2D eigenvalue weighted by atomic mass is 32.2. The summed E-state index contributed by atoms with van der Waals surface area (Å²) in [6, 6.07) is 7.42. The van der Waals surface area contributed by atoms with Crippen molar-refractivity contribution >= 4 is 23.6 Å². The molecule has 3 atom stereocenters. The molecule has 114 valence electrons. The van der Waals surface area contributed by atoms with E-state index in [9.17, 15) is 9.59 Å². The number of carboxylic acids is 1. The Labute approximate surface area is 129 Å². The molecule has 1 aliphatic carbocycles. The summed E-state index contributed by atoms with van der Waals surface area (Å²) in [4.78, 5) is 24.1. The lowest BCUT2D eigenvalue weighted by atomic mass is 10.1. The highest BCUT2D eigenvalue weighted by Crippen LogP contribution is 2.29.